The summed E-state index contributed by atoms with van der Waals surface area (Å²) in [5, 5.41) is 0. The number of nitrogens with two attached hydrogens (primary N) is 1. The summed E-state index contributed by atoms with van der Waals surface area (Å²) in [6.45, 7) is 1.68. The van der Waals surface area contributed by atoms with Crippen LogP contribution in [-0.4, -0.2) is 19.3 Å². The smallest absolute Gasteiger partial charge is 0.0653 e. The van der Waals surface area contributed by atoms with E-state index in [0.717, 1.165) is 19.6 Å². The lowest BCUT2D eigenvalue weighted by molar-refractivity contribution is 0.154. The highest BCUT2D eigenvalue weighted by Crippen LogP contribution is 2.36. The molecule has 16 heavy (non-hydrogen) atoms. The van der Waals surface area contributed by atoms with Crippen LogP contribution in [0.15, 0.2) is 21.3 Å². The molecule has 0 radical (unpaired) electrons. The van der Waals surface area contributed by atoms with Crippen molar-refractivity contribution in [1.29, 1.82) is 0 Å². The lowest BCUT2D eigenvalue weighted by Crippen LogP contribution is -2.27. The highest BCUT2D eigenvalue weighted by Gasteiger charge is 2.23. The van der Waals surface area contributed by atoms with Crippen molar-refractivity contribution < 1.29 is 4.74 Å². The first-order valence-electron chi connectivity index (χ1n) is 6.18. The molecule has 1 unspecified atom stereocenters. The molecule has 2 N–H and O–H groups in total. The molecule has 0 fully saturated rings. The van der Waals surface area contributed by atoms with E-state index in [1.165, 1.54) is 34.8 Å². The van der Waals surface area contributed by atoms with Gasteiger partial charge in [0.25, 0.3) is 0 Å². The zero-order chi connectivity index (χ0) is 11.4. The molecule has 0 aromatic rings. The summed E-state index contributed by atoms with van der Waals surface area (Å²) in [5.74, 6) is 0.661. The Morgan fingerprint density at radius 2 is 2.19 bits per heavy atom. The molecule has 0 aromatic heterocycles. The fourth-order valence-electron chi connectivity index (χ4n) is 2.54. The van der Waals surface area contributed by atoms with Crippen LogP contribution in [0.2, 0.25) is 0 Å². The predicted octanol–water partition coefficient (Wildman–Crippen LogP) is 3.17. The van der Waals surface area contributed by atoms with Gasteiger partial charge in [-0.05, 0) is 53.3 Å². The van der Waals surface area contributed by atoms with Gasteiger partial charge in [0.1, 0.15) is 0 Å². The van der Waals surface area contributed by atoms with E-state index in [9.17, 15) is 0 Å². The molecule has 2 rings (SSSR count). The zero-order valence-electron chi connectivity index (χ0n) is 9.62. The first kappa shape index (κ1) is 12.6. The summed E-state index contributed by atoms with van der Waals surface area (Å²) in [6, 6.07) is 0.248. The van der Waals surface area contributed by atoms with Crippen molar-refractivity contribution >= 4 is 22.6 Å². The molecule has 1 aliphatic heterocycles. The lowest BCUT2D eigenvalue weighted by atomic mass is 9.83. The molecule has 3 heteroatoms. The Morgan fingerprint density at radius 3 is 3.06 bits per heavy atom. The van der Waals surface area contributed by atoms with Crippen LogP contribution < -0.4 is 5.73 Å². The number of hydrogen-bond acceptors (Lipinski definition) is 2. The Balaban J connectivity index is 2.14. The van der Waals surface area contributed by atoms with Gasteiger partial charge in [-0.25, -0.2) is 0 Å². The molecule has 0 bridgehead atoms. The van der Waals surface area contributed by atoms with Crippen LogP contribution in [0.25, 0.3) is 0 Å². The minimum Gasteiger partial charge on any atom is -0.377 e. The van der Waals surface area contributed by atoms with Crippen LogP contribution in [0, 0.1) is 5.92 Å². The van der Waals surface area contributed by atoms with E-state index in [1.807, 2.05) is 0 Å². The Morgan fingerprint density at radius 1 is 1.31 bits per heavy atom. The lowest BCUT2D eigenvalue weighted by Gasteiger charge is -2.28. The Labute approximate surface area is 111 Å². The zero-order valence-corrected chi connectivity index (χ0v) is 11.8. The minimum absolute atomic E-state index is 0.248. The highest BCUT2D eigenvalue weighted by atomic mass is 127. The molecule has 2 atom stereocenters. The van der Waals surface area contributed by atoms with Gasteiger partial charge >= 0.3 is 0 Å². The van der Waals surface area contributed by atoms with Crippen LogP contribution in [0.3, 0.4) is 0 Å². The third-order valence-corrected chi connectivity index (χ3v) is 4.38. The van der Waals surface area contributed by atoms with Gasteiger partial charge in [0, 0.05) is 16.2 Å². The van der Waals surface area contributed by atoms with E-state index in [1.54, 1.807) is 0 Å². The quantitative estimate of drug-likeness (QED) is 0.691. The van der Waals surface area contributed by atoms with E-state index < -0.39 is 0 Å². The molecule has 0 amide bonds. The molecule has 0 spiro atoms. The van der Waals surface area contributed by atoms with Crippen molar-refractivity contribution in [3.05, 3.63) is 21.3 Å². The standard InChI is InChI=1S/C13H20INO/c14-13-9-11(15)8-10-4-2-1-3-6-16-7-5-12(10)13/h5,9-11H,1-4,6-8,15H2/b12-5+/t10-,11?/m1/s1. The molecular weight excluding hydrogens is 313 g/mol. The molecular formula is C13H20INO. The van der Waals surface area contributed by atoms with E-state index in [0.29, 0.717) is 5.92 Å². The molecule has 0 saturated heterocycles. The highest BCUT2D eigenvalue weighted by molar-refractivity contribution is 14.1. The van der Waals surface area contributed by atoms with Crippen molar-refractivity contribution in [3.8, 4) is 0 Å². The number of allylic oxidation sites excluding steroid dienone is 2. The summed E-state index contributed by atoms with van der Waals surface area (Å²) >= 11 is 2.42. The van der Waals surface area contributed by atoms with Gasteiger partial charge in [-0.2, -0.15) is 0 Å². The number of rotatable bonds is 0. The van der Waals surface area contributed by atoms with Crippen molar-refractivity contribution in [2.45, 2.75) is 38.1 Å². The Kier molecular flexibility index (Phi) is 4.85. The molecule has 1 aliphatic carbocycles. The van der Waals surface area contributed by atoms with E-state index in [-0.39, 0.29) is 6.04 Å². The topological polar surface area (TPSA) is 35.2 Å². The number of ether oxygens (including phenoxy) is 1. The van der Waals surface area contributed by atoms with Crippen LogP contribution in [0.5, 0.6) is 0 Å². The van der Waals surface area contributed by atoms with Gasteiger partial charge in [0.2, 0.25) is 0 Å². The monoisotopic (exact) mass is 333 g/mol. The van der Waals surface area contributed by atoms with Gasteiger partial charge < -0.3 is 10.5 Å². The first-order valence-corrected chi connectivity index (χ1v) is 7.26. The van der Waals surface area contributed by atoms with Crippen molar-refractivity contribution in [3.63, 3.8) is 0 Å². The van der Waals surface area contributed by atoms with E-state index in [4.69, 9.17) is 10.5 Å². The van der Waals surface area contributed by atoms with Gasteiger partial charge in [-0.15, -0.1) is 0 Å². The Bertz CT molecular complexity index is 298. The summed E-state index contributed by atoms with van der Waals surface area (Å²) < 4.78 is 6.93. The number of fused-ring (bicyclic) bond motifs is 1. The van der Waals surface area contributed by atoms with Crippen LogP contribution in [0.1, 0.15) is 32.1 Å². The van der Waals surface area contributed by atoms with Gasteiger partial charge in [0.05, 0.1) is 6.61 Å². The van der Waals surface area contributed by atoms with E-state index in [2.05, 4.69) is 34.7 Å². The molecule has 0 saturated carbocycles. The summed E-state index contributed by atoms with van der Waals surface area (Å²) in [4.78, 5) is 0. The van der Waals surface area contributed by atoms with Gasteiger partial charge in [-0.3, -0.25) is 0 Å². The average molecular weight is 333 g/mol. The second kappa shape index (κ2) is 6.17. The maximum atomic E-state index is 6.05. The van der Waals surface area contributed by atoms with Crippen LogP contribution in [0.4, 0.5) is 0 Å². The average Bonchev–Trinajstić information content (AvgIpc) is 2.25. The fourth-order valence-corrected chi connectivity index (χ4v) is 3.67. The second-order valence-corrected chi connectivity index (χ2v) is 5.86. The number of hydrogen-bond donors (Lipinski definition) is 1. The van der Waals surface area contributed by atoms with Crippen molar-refractivity contribution in [1.82, 2.24) is 0 Å². The molecule has 0 aromatic carbocycles. The summed E-state index contributed by atoms with van der Waals surface area (Å²) in [5.41, 5.74) is 7.53. The SMILES string of the molecule is NC1C=C(I)/C2=C/COCCCCC[C@@H]2C1. The normalized spacial score (nSPS) is 35.6. The van der Waals surface area contributed by atoms with Crippen molar-refractivity contribution in [2.75, 3.05) is 13.2 Å². The summed E-state index contributed by atoms with van der Waals surface area (Å²) in [6.07, 6.45) is 10.7. The minimum atomic E-state index is 0.248. The Hall–Kier alpha value is 0.130. The maximum Gasteiger partial charge on any atom is 0.0653 e. The fraction of sp³-hybridized carbons (Fsp3) is 0.692. The summed E-state index contributed by atoms with van der Waals surface area (Å²) in [7, 11) is 0. The molecule has 1 heterocycles. The van der Waals surface area contributed by atoms with Crippen molar-refractivity contribution in [2.24, 2.45) is 11.7 Å². The van der Waals surface area contributed by atoms with E-state index >= 15 is 0 Å². The van der Waals surface area contributed by atoms with Gasteiger partial charge in [-0.1, -0.05) is 25.0 Å². The first-order chi connectivity index (χ1) is 7.77. The second-order valence-electron chi connectivity index (χ2n) is 4.69. The number of halogens is 1. The third-order valence-electron chi connectivity index (χ3n) is 3.40. The third kappa shape index (κ3) is 3.31. The molecule has 2 aliphatic rings. The largest absolute Gasteiger partial charge is 0.377 e. The van der Waals surface area contributed by atoms with Crippen LogP contribution >= 0.6 is 22.6 Å². The molecule has 90 valence electrons. The molecule has 2 nitrogen and oxygen atoms in total. The predicted molar refractivity (Wildman–Crippen MR) is 75.6 cm³/mol. The van der Waals surface area contributed by atoms with Crippen LogP contribution in [-0.2, 0) is 4.74 Å². The maximum absolute atomic E-state index is 6.05. The van der Waals surface area contributed by atoms with Gasteiger partial charge in [0.15, 0.2) is 0 Å².